The molecular formula is C6H11N2O2S. The van der Waals surface area contributed by atoms with E-state index in [1.165, 1.54) is 0 Å². The van der Waals surface area contributed by atoms with Gasteiger partial charge in [-0.05, 0) is 6.42 Å². The quantitative estimate of drug-likeness (QED) is 0.474. The molecule has 1 radical (unpaired) electrons. The van der Waals surface area contributed by atoms with Crippen LogP contribution in [0.4, 0.5) is 0 Å². The third-order valence-electron chi connectivity index (χ3n) is 2.29. The average molecular weight is 175 g/mol. The standard InChI is InChI=1S/C6H11N2O2S/c9-11(10)4-1-6-5-7-2-3-8(6)11/h6H,1-5H2. The molecule has 2 aliphatic heterocycles. The van der Waals surface area contributed by atoms with Crippen LogP contribution in [0, 0.1) is 0 Å². The summed E-state index contributed by atoms with van der Waals surface area (Å²) < 4.78 is 24.2. The van der Waals surface area contributed by atoms with Gasteiger partial charge >= 0.3 is 0 Å². The first-order chi connectivity index (χ1) is 5.20. The summed E-state index contributed by atoms with van der Waals surface area (Å²) in [7, 11) is -2.87. The molecule has 0 saturated carbocycles. The van der Waals surface area contributed by atoms with Crippen LogP contribution in [0.25, 0.3) is 0 Å². The van der Waals surface area contributed by atoms with Crippen molar-refractivity contribution in [2.75, 3.05) is 25.4 Å². The monoisotopic (exact) mass is 175 g/mol. The van der Waals surface area contributed by atoms with Crippen LogP contribution >= 0.6 is 0 Å². The fraction of sp³-hybridized carbons (Fsp3) is 1.00. The Hall–Kier alpha value is -0.130. The number of sulfonamides is 1. The van der Waals surface area contributed by atoms with Crippen LogP contribution in [-0.2, 0) is 10.0 Å². The highest BCUT2D eigenvalue weighted by molar-refractivity contribution is 7.89. The van der Waals surface area contributed by atoms with Crippen molar-refractivity contribution in [3.63, 3.8) is 0 Å². The molecule has 1 atom stereocenters. The highest BCUT2D eigenvalue weighted by Gasteiger charge is 2.38. The lowest BCUT2D eigenvalue weighted by molar-refractivity contribution is 0.284. The van der Waals surface area contributed by atoms with Gasteiger partial charge in [0.2, 0.25) is 10.0 Å². The summed E-state index contributed by atoms with van der Waals surface area (Å²) in [5.41, 5.74) is 0. The molecule has 11 heavy (non-hydrogen) atoms. The zero-order valence-electron chi connectivity index (χ0n) is 6.23. The van der Waals surface area contributed by atoms with Crippen molar-refractivity contribution in [2.24, 2.45) is 0 Å². The number of rotatable bonds is 0. The summed E-state index contributed by atoms with van der Waals surface area (Å²) in [5.74, 6) is 0.327. The van der Waals surface area contributed by atoms with Gasteiger partial charge in [-0.25, -0.2) is 13.7 Å². The molecule has 0 spiro atoms. The van der Waals surface area contributed by atoms with Crippen LogP contribution in [-0.4, -0.2) is 44.2 Å². The molecule has 2 heterocycles. The Labute approximate surface area is 66.6 Å². The summed E-state index contributed by atoms with van der Waals surface area (Å²) in [4.78, 5) is 0. The van der Waals surface area contributed by atoms with Crippen molar-refractivity contribution in [3.05, 3.63) is 0 Å². The minimum absolute atomic E-state index is 0.189. The Morgan fingerprint density at radius 1 is 1.45 bits per heavy atom. The highest BCUT2D eigenvalue weighted by Crippen LogP contribution is 2.22. The van der Waals surface area contributed by atoms with E-state index in [0.717, 1.165) is 6.42 Å². The number of hydrogen-bond donors (Lipinski definition) is 0. The topological polar surface area (TPSA) is 51.5 Å². The van der Waals surface area contributed by atoms with Crippen molar-refractivity contribution < 1.29 is 8.42 Å². The second kappa shape index (κ2) is 2.43. The predicted octanol–water partition coefficient (Wildman–Crippen LogP) is -0.991. The lowest BCUT2D eigenvalue weighted by Gasteiger charge is -2.26. The van der Waals surface area contributed by atoms with Crippen LogP contribution in [0.5, 0.6) is 0 Å². The Kier molecular flexibility index (Phi) is 1.66. The maximum Gasteiger partial charge on any atom is 0.214 e. The van der Waals surface area contributed by atoms with E-state index >= 15 is 0 Å². The first-order valence-electron chi connectivity index (χ1n) is 3.83. The van der Waals surface area contributed by atoms with Crippen molar-refractivity contribution in [1.29, 1.82) is 0 Å². The molecule has 0 bridgehead atoms. The second-order valence-corrected chi connectivity index (χ2v) is 5.04. The molecule has 1 unspecified atom stereocenters. The largest absolute Gasteiger partial charge is 0.239 e. The molecule has 2 aliphatic rings. The number of fused-ring (bicyclic) bond motifs is 1. The van der Waals surface area contributed by atoms with Crippen molar-refractivity contribution in [1.82, 2.24) is 9.62 Å². The van der Waals surface area contributed by atoms with Gasteiger partial charge in [-0.2, -0.15) is 4.31 Å². The summed E-state index contributed by atoms with van der Waals surface area (Å²) in [6.45, 7) is 1.99. The molecule has 2 saturated heterocycles. The zero-order valence-corrected chi connectivity index (χ0v) is 7.05. The van der Waals surface area contributed by atoms with E-state index in [2.05, 4.69) is 5.32 Å². The summed E-state index contributed by atoms with van der Waals surface area (Å²) in [6, 6.07) is 0.189. The molecule has 5 heteroatoms. The Bertz CT molecular complexity index is 249. The molecule has 4 nitrogen and oxygen atoms in total. The van der Waals surface area contributed by atoms with Gasteiger partial charge < -0.3 is 0 Å². The van der Waals surface area contributed by atoms with Gasteiger partial charge in [0.1, 0.15) is 0 Å². The van der Waals surface area contributed by atoms with Crippen LogP contribution in [0.15, 0.2) is 0 Å². The van der Waals surface area contributed by atoms with E-state index < -0.39 is 10.0 Å². The Morgan fingerprint density at radius 2 is 2.27 bits per heavy atom. The molecule has 0 aromatic rings. The van der Waals surface area contributed by atoms with Gasteiger partial charge in [0.25, 0.3) is 0 Å². The summed E-state index contributed by atoms with van der Waals surface area (Å²) in [6.07, 6.45) is 0.770. The van der Waals surface area contributed by atoms with E-state index in [9.17, 15) is 8.42 Å². The molecule has 63 valence electrons. The minimum atomic E-state index is -2.87. The van der Waals surface area contributed by atoms with Gasteiger partial charge in [-0.15, -0.1) is 0 Å². The normalized spacial score (nSPS) is 36.9. The molecule has 0 aromatic heterocycles. The molecule has 2 fully saturated rings. The van der Waals surface area contributed by atoms with E-state index in [1.807, 2.05) is 0 Å². The van der Waals surface area contributed by atoms with Gasteiger partial charge in [-0.3, -0.25) is 0 Å². The number of nitrogens with zero attached hydrogens (tertiary/aromatic N) is 2. The average Bonchev–Trinajstić information content (AvgIpc) is 2.29. The Morgan fingerprint density at radius 3 is 3.00 bits per heavy atom. The first-order valence-corrected chi connectivity index (χ1v) is 5.44. The molecular weight excluding hydrogens is 164 g/mol. The highest BCUT2D eigenvalue weighted by atomic mass is 32.2. The molecule has 0 aliphatic carbocycles. The minimum Gasteiger partial charge on any atom is -0.239 e. The van der Waals surface area contributed by atoms with E-state index in [4.69, 9.17) is 0 Å². The lowest BCUT2D eigenvalue weighted by atomic mass is 10.2. The van der Waals surface area contributed by atoms with E-state index in [1.54, 1.807) is 4.31 Å². The fourth-order valence-corrected chi connectivity index (χ4v) is 3.48. The van der Waals surface area contributed by atoms with Crippen LogP contribution in [0.2, 0.25) is 0 Å². The molecule has 0 amide bonds. The first kappa shape index (κ1) is 7.52. The van der Waals surface area contributed by atoms with Crippen molar-refractivity contribution >= 4 is 10.0 Å². The van der Waals surface area contributed by atoms with Crippen LogP contribution in [0.3, 0.4) is 0 Å². The summed E-state index contributed by atoms with van der Waals surface area (Å²) in [5, 5.41) is 4.18. The van der Waals surface area contributed by atoms with Crippen LogP contribution < -0.4 is 5.32 Å². The van der Waals surface area contributed by atoms with Crippen LogP contribution in [0.1, 0.15) is 6.42 Å². The third-order valence-corrected chi connectivity index (χ3v) is 4.24. The fourth-order valence-electron chi connectivity index (χ4n) is 1.69. The maximum absolute atomic E-state index is 11.3. The zero-order chi connectivity index (χ0) is 7.90. The molecule has 0 N–H and O–H groups in total. The smallest absolute Gasteiger partial charge is 0.214 e. The van der Waals surface area contributed by atoms with Gasteiger partial charge in [0.05, 0.1) is 5.75 Å². The van der Waals surface area contributed by atoms with E-state index in [0.29, 0.717) is 25.4 Å². The van der Waals surface area contributed by atoms with Gasteiger partial charge in [0, 0.05) is 25.7 Å². The lowest BCUT2D eigenvalue weighted by Crippen LogP contribution is -2.46. The number of hydrogen-bond acceptors (Lipinski definition) is 2. The Balaban J connectivity index is 2.23. The number of piperazine rings is 1. The summed E-state index contributed by atoms with van der Waals surface area (Å²) >= 11 is 0. The van der Waals surface area contributed by atoms with Crippen molar-refractivity contribution in [2.45, 2.75) is 12.5 Å². The SMILES string of the molecule is O=S1(=O)CCC2C[N]CCN21. The van der Waals surface area contributed by atoms with Crippen molar-refractivity contribution in [3.8, 4) is 0 Å². The molecule has 0 aromatic carbocycles. The molecule has 2 rings (SSSR count). The van der Waals surface area contributed by atoms with Gasteiger partial charge in [-0.1, -0.05) is 0 Å². The second-order valence-electron chi connectivity index (χ2n) is 3.00. The predicted molar refractivity (Wildman–Crippen MR) is 40.8 cm³/mol. The third kappa shape index (κ3) is 1.17. The van der Waals surface area contributed by atoms with Gasteiger partial charge in [0.15, 0.2) is 0 Å². The van der Waals surface area contributed by atoms with E-state index in [-0.39, 0.29) is 6.04 Å². The maximum atomic E-state index is 11.3.